The lowest BCUT2D eigenvalue weighted by molar-refractivity contribution is 0.367. The Morgan fingerprint density at radius 1 is 0.163 bits per heavy atom. The summed E-state index contributed by atoms with van der Waals surface area (Å²) in [6.45, 7) is 9.50. The second-order valence-electron chi connectivity index (χ2n) is 28.1. The van der Waals surface area contributed by atoms with Gasteiger partial charge in [0.2, 0.25) is 0 Å². The Kier molecular flexibility index (Phi) is 75.1. The van der Waals surface area contributed by atoms with E-state index in [9.17, 15) is 0 Å². The van der Waals surface area contributed by atoms with Crippen LogP contribution in [-0.4, -0.2) is 0 Å². The molecular formula is C80H161. The SMILES string of the molecule is CCCCCCCCCCCCCCCCCCCCCCCCCCCC(CCCC[CH]CCCCCC(C)CCCCCCCCCCCCCCCCCC)CCCCCCCCCCCCCCCCCCCCCC. The molecule has 80 heavy (non-hydrogen) atoms. The highest BCUT2D eigenvalue weighted by molar-refractivity contribution is 4.68. The highest BCUT2D eigenvalue weighted by atomic mass is 14.2. The molecule has 0 spiro atoms. The van der Waals surface area contributed by atoms with Crippen molar-refractivity contribution in [2.75, 3.05) is 0 Å². The molecule has 0 aromatic carbocycles. The summed E-state index contributed by atoms with van der Waals surface area (Å²) in [6.07, 6.45) is 111. The fourth-order valence-electron chi connectivity index (χ4n) is 13.7. The molecule has 0 aliphatic heterocycles. The van der Waals surface area contributed by atoms with Gasteiger partial charge in [0.15, 0.2) is 0 Å². The van der Waals surface area contributed by atoms with E-state index >= 15 is 0 Å². The molecule has 1 radical (unpaired) electrons. The molecule has 2 atom stereocenters. The molecule has 0 rings (SSSR count). The van der Waals surface area contributed by atoms with Gasteiger partial charge in [-0.25, -0.2) is 0 Å². The van der Waals surface area contributed by atoms with Crippen LogP contribution in [0, 0.1) is 18.3 Å². The van der Waals surface area contributed by atoms with Crippen LogP contribution in [-0.2, 0) is 0 Å². The van der Waals surface area contributed by atoms with E-state index in [4.69, 9.17) is 0 Å². The van der Waals surface area contributed by atoms with E-state index in [1.165, 1.54) is 469 Å². The van der Waals surface area contributed by atoms with E-state index in [2.05, 4.69) is 34.1 Å². The maximum Gasteiger partial charge on any atom is -0.0386 e. The van der Waals surface area contributed by atoms with Crippen molar-refractivity contribution in [1.82, 2.24) is 0 Å². The molecule has 0 aromatic heterocycles. The number of rotatable bonds is 75. The number of hydrogen-bond donors (Lipinski definition) is 0. The predicted molar refractivity (Wildman–Crippen MR) is 371 cm³/mol. The zero-order chi connectivity index (χ0) is 57.5. The first kappa shape index (κ1) is 80.0. The average molecular weight is 1120 g/mol. The van der Waals surface area contributed by atoms with Crippen LogP contribution in [0.2, 0.25) is 0 Å². The van der Waals surface area contributed by atoms with E-state index in [0.29, 0.717) is 0 Å². The molecule has 0 heteroatoms. The van der Waals surface area contributed by atoms with E-state index in [-0.39, 0.29) is 0 Å². The lowest BCUT2D eigenvalue weighted by Gasteiger charge is -2.17. The van der Waals surface area contributed by atoms with Gasteiger partial charge in [0.25, 0.3) is 0 Å². The van der Waals surface area contributed by atoms with Gasteiger partial charge in [-0.3, -0.25) is 0 Å². The summed E-state index contributed by atoms with van der Waals surface area (Å²) in [4.78, 5) is 0. The van der Waals surface area contributed by atoms with E-state index in [0.717, 1.165) is 11.8 Å². The normalized spacial score (nSPS) is 12.6. The van der Waals surface area contributed by atoms with Crippen molar-refractivity contribution in [2.24, 2.45) is 11.8 Å². The number of unbranched alkanes of at least 4 members (excludes halogenated alkanes) is 65. The fourth-order valence-corrected chi connectivity index (χ4v) is 13.7. The molecule has 0 amide bonds. The fraction of sp³-hybridized carbons (Fsp3) is 0.988. The van der Waals surface area contributed by atoms with Crippen LogP contribution in [0.25, 0.3) is 0 Å². The summed E-state index contributed by atoms with van der Waals surface area (Å²) in [6, 6.07) is 0. The van der Waals surface area contributed by atoms with Gasteiger partial charge in [-0.1, -0.05) is 496 Å². The van der Waals surface area contributed by atoms with Crippen molar-refractivity contribution in [3.8, 4) is 0 Å². The van der Waals surface area contributed by atoms with Crippen molar-refractivity contribution in [2.45, 2.75) is 496 Å². The zero-order valence-corrected chi connectivity index (χ0v) is 57.4. The Morgan fingerprint density at radius 3 is 0.500 bits per heavy atom. The van der Waals surface area contributed by atoms with Crippen LogP contribution in [0.4, 0.5) is 0 Å². The van der Waals surface area contributed by atoms with Gasteiger partial charge >= 0.3 is 0 Å². The highest BCUT2D eigenvalue weighted by Crippen LogP contribution is 2.26. The molecule has 0 bridgehead atoms. The van der Waals surface area contributed by atoms with Gasteiger partial charge in [-0.2, -0.15) is 0 Å². The Morgan fingerprint density at radius 2 is 0.300 bits per heavy atom. The smallest absolute Gasteiger partial charge is 0.0386 e. The van der Waals surface area contributed by atoms with Gasteiger partial charge in [0.1, 0.15) is 0 Å². The van der Waals surface area contributed by atoms with E-state index in [1.54, 1.807) is 0 Å². The first-order valence-electron chi connectivity index (χ1n) is 39.6. The molecule has 0 aliphatic carbocycles. The zero-order valence-electron chi connectivity index (χ0n) is 57.4. The van der Waals surface area contributed by atoms with E-state index < -0.39 is 0 Å². The second kappa shape index (κ2) is 75.1. The largest absolute Gasteiger partial charge is 0.0654 e. The lowest BCUT2D eigenvalue weighted by Crippen LogP contribution is -2.02. The van der Waals surface area contributed by atoms with Crippen molar-refractivity contribution < 1.29 is 0 Å². The van der Waals surface area contributed by atoms with Crippen LogP contribution < -0.4 is 0 Å². The van der Waals surface area contributed by atoms with Crippen molar-refractivity contribution in [3.05, 3.63) is 6.42 Å². The third kappa shape index (κ3) is 72.3. The maximum atomic E-state index is 2.68. The van der Waals surface area contributed by atoms with Crippen LogP contribution >= 0.6 is 0 Å². The highest BCUT2D eigenvalue weighted by Gasteiger charge is 2.10. The Bertz CT molecular complexity index is 1010. The van der Waals surface area contributed by atoms with Crippen LogP contribution in [0.15, 0.2) is 0 Å². The molecule has 0 aromatic rings. The summed E-state index contributed by atoms with van der Waals surface area (Å²) < 4.78 is 0. The summed E-state index contributed by atoms with van der Waals surface area (Å²) in [5.74, 6) is 1.96. The molecule has 2 unspecified atom stereocenters. The Labute approximate surface area is 512 Å². The molecule has 0 nitrogen and oxygen atoms in total. The van der Waals surface area contributed by atoms with Gasteiger partial charge in [-0.05, 0) is 18.3 Å². The van der Waals surface area contributed by atoms with Crippen molar-refractivity contribution in [3.63, 3.8) is 0 Å². The summed E-state index contributed by atoms with van der Waals surface area (Å²) >= 11 is 0. The topological polar surface area (TPSA) is 0 Å². The summed E-state index contributed by atoms with van der Waals surface area (Å²) in [5, 5.41) is 0. The van der Waals surface area contributed by atoms with Crippen molar-refractivity contribution in [1.29, 1.82) is 0 Å². The number of hydrogen-bond acceptors (Lipinski definition) is 0. The van der Waals surface area contributed by atoms with Crippen LogP contribution in [0.1, 0.15) is 496 Å². The Balaban J connectivity index is 4.03. The Hall–Kier alpha value is 0. The summed E-state index contributed by atoms with van der Waals surface area (Å²) in [5.41, 5.74) is 0. The first-order valence-corrected chi connectivity index (χ1v) is 39.6. The minimum Gasteiger partial charge on any atom is -0.0654 e. The quantitative estimate of drug-likeness (QED) is 0.0533. The maximum absolute atomic E-state index is 2.68. The standard InChI is InChI=1S/C80H161/c1-5-8-11-14-17-20-23-26-29-32-34-36-37-38-39-40-42-44-47-50-53-56-62-67-72-77-80(76-71-66-61-55-52-49-46-43-41-35-33-30-27-24-21-18-15-12-9-6-2)78-73-68-63-58-57-60-65-70-75-79(4)74-69-64-59-54-51-48-45-31-28-25-22-19-16-13-10-7-3/h58,79-80H,5-57,59-78H2,1-4H3. The molecule has 0 heterocycles. The van der Waals surface area contributed by atoms with Gasteiger partial charge in [0, 0.05) is 0 Å². The molecule has 0 saturated carbocycles. The van der Waals surface area contributed by atoms with Crippen LogP contribution in [0.5, 0.6) is 0 Å². The average Bonchev–Trinajstić information content (AvgIpc) is 3.46. The second-order valence-corrected chi connectivity index (χ2v) is 28.1. The van der Waals surface area contributed by atoms with Gasteiger partial charge in [-0.15, -0.1) is 0 Å². The first-order chi connectivity index (χ1) is 39.7. The third-order valence-corrected chi connectivity index (χ3v) is 19.6. The van der Waals surface area contributed by atoms with E-state index in [1.807, 2.05) is 0 Å². The van der Waals surface area contributed by atoms with Gasteiger partial charge in [0.05, 0.1) is 0 Å². The minimum absolute atomic E-state index is 0.945. The molecular weight excluding hydrogens is 961 g/mol. The molecule has 0 saturated heterocycles. The lowest BCUT2D eigenvalue weighted by atomic mass is 9.89. The van der Waals surface area contributed by atoms with Crippen molar-refractivity contribution >= 4 is 0 Å². The minimum atomic E-state index is 0.945. The third-order valence-electron chi connectivity index (χ3n) is 19.6. The molecule has 0 fully saturated rings. The molecule has 0 N–H and O–H groups in total. The summed E-state index contributed by atoms with van der Waals surface area (Å²) in [7, 11) is 0. The monoisotopic (exact) mass is 1120 g/mol. The molecule has 481 valence electrons. The van der Waals surface area contributed by atoms with Crippen LogP contribution in [0.3, 0.4) is 0 Å². The van der Waals surface area contributed by atoms with Gasteiger partial charge < -0.3 is 0 Å². The predicted octanol–water partition coefficient (Wildman–Crippen LogP) is 31.0. The molecule has 0 aliphatic rings.